The fraction of sp³-hybridized carbons (Fsp3) is 0.459. The molecule has 15 aromatic rings. The minimum Gasteiger partial charge on any atom is -0.497 e. The molecule has 5 aromatic carbocycles. The number of hydrogen-bond donors (Lipinski definition) is 11. The van der Waals surface area contributed by atoms with Crippen LogP contribution in [0.25, 0.3) is 55.2 Å². The molecule has 5 saturated carbocycles. The lowest BCUT2D eigenvalue weighted by Crippen LogP contribution is -2.46. The van der Waals surface area contributed by atoms with Crippen molar-refractivity contribution in [2.75, 3.05) is 88.7 Å². The molecule has 34 nitrogen and oxygen atoms in total. The number of halogens is 5. The lowest BCUT2D eigenvalue weighted by atomic mass is 9.95. The monoisotopic (exact) mass is 2090 g/mol. The Balaban J connectivity index is 0.000000148. The third-order valence-corrected chi connectivity index (χ3v) is 30.4. The van der Waals surface area contributed by atoms with Crippen molar-refractivity contribution in [1.82, 2.24) is 73.9 Å². The van der Waals surface area contributed by atoms with Gasteiger partial charge in [-0.05, 0) is 111 Å². The molecule has 0 aliphatic heterocycles. The number of hydrogen-bond acceptors (Lipinski definition) is 25. The number of aromatic amines is 6. The van der Waals surface area contributed by atoms with Gasteiger partial charge in [-0.1, -0.05) is 136 Å². The lowest BCUT2D eigenvalue weighted by molar-refractivity contribution is -0.936. The van der Waals surface area contributed by atoms with Crippen molar-refractivity contribution in [1.29, 1.82) is 0 Å². The number of methoxy groups -OCH3 is 6. The second-order valence-electron chi connectivity index (χ2n) is 38.8. The van der Waals surface area contributed by atoms with E-state index in [-0.39, 0.29) is 85.3 Å². The zero-order valence-electron chi connectivity index (χ0n) is 86.2. The van der Waals surface area contributed by atoms with Crippen LogP contribution in [-0.2, 0) is 74.9 Å². The van der Waals surface area contributed by atoms with Gasteiger partial charge in [0.25, 0.3) is 16.7 Å². The van der Waals surface area contributed by atoms with Gasteiger partial charge in [0.05, 0.1) is 165 Å². The summed E-state index contributed by atoms with van der Waals surface area (Å²) in [6.45, 7) is 18.3. The summed E-state index contributed by atoms with van der Waals surface area (Å²) in [5.41, 5.74) is 13.7. The quantitative estimate of drug-likeness (QED) is 0.0130. The maximum absolute atomic E-state index is 16.2. The second-order valence-corrected chi connectivity index (χ2v) is 38.8. The number of nitrogens with zero attached hydrogens (tertiary/aromatic N) is 10. The van der Waals surface area contributed by atoms with E-state index in [1.807, 2.05) is 138 Å². The Morgan fingerprint density at radius 3 is 1.12 bits per heavy atom. The number of aliphatic hydroxyl groups is 5. The van der Waals surface area contributed by atoms with E-state index < -0.39 is 84.8 Å². The van der Waals surface area contributed by atoms with Crippen LogP contribution >= 0.6 is 12.4 Å². The number of aliphatic hydroxyl groups excluding tert-OH is 5. The number of H-pyrrole nitrogens is 6. The predicted octanol–water partition coefficient (Wildman–Crippen LogP) is 15.9. The Morgan fingerprint density at radius 2 is 0.747 bits per heavy atom. The molecule has 150 heavy (non-hydrogen) atoms. The van der Waals surface area contributed by atoms with Crippen LogP contribution in [0.2, 0.25) is 0 Å². The number of benzene rings is 5. The zero-order chi connectivity index (χ0) is 106. The van der Waals surface area contributed by atoms with Crippen molar-refractivity contribution in [3.05, 3.63) is 289 Å². The molecule has 5 aliphatic carbocycles. The Kier molecular flexibility index (Phi) is 40.2. The van der Waals surface area contributed by atoms with E-state index in [1.165, 1.54) is 67.9 Å². The normalized spacial score (nSPS) is 23.8. The summed E-state index contributed by atoms with van der Waals surface area (Å²) >= 11 is 0. The van der Waals surface area contributed by atoms with E-state index in [4.69, 9.17) is 57.6 Å². The number of rotatable bonds is 35. The number of alkyl halides is 4. The highest BCUT2D eigenvalue weighted by molar-refractivity contribution is 5.86. The molecule has 20 atom stereocenters. The molecular formula is C111H138ClF4N16O18+. The molecule has 0 saturated heterocycles. The van der Waals surface area contributed by atoms with Gasteiger partial charge in [0.15, 0.2) is 0 Å². The Hall–Kier alpha value is -12.7. The van der Waals surface area contributed by atoms with Crippen LogP contribution in [0.4, 0.5) is 17.6 Å². The summed E-state index contributed by atoms with van der Waals surface area (Å²) < 4.78 is 121. The summed E-state index contributed by atoms with van der Waals surface area (Å²) in [5.74, 6) is -0.0329. The van der Waals surface area contributed by atoms with E-state index in [1.54, 1.807) is 61.2 Å². The highest BCUT2D eigenvalue weighted by Crippen LogP contribution is 2.51. The summed E-state index contributed by atoms with van der Waals surface area (Å²) in [7, 11) is 9.73. The Bertz CT molecular complexity index is 6440. The zero-order valence-corrected chi connectivity index (χ0v) is 87.0. The van der Waals surface area contributed by atoms with E-state index in [0.29, 0.717) is 138 Å². The fourth-order valence-electron chi connectivity index (χ4n) is 21.8. The molecule has 0 bridgehead atoms. The summed E-state index contributed by atoms with van der Waals surface area (Å²) in [4.78, 5) is 80.8. The highest BCUT2D eigenvalue weighted by Gasteiger charge is 2.50. The SMILES string of the molecule is CC[C@H]1C[C@@H](c2c[nH]c3c(=O)[nH]cnc23)[C@@H](F)[C@@H]1C.CC[N+](CC)(CC)Cc1ccccc1.COC[C@H]1C[C@@H](c2cn(COCc3ccccc3)c3c(OC)ncnc23)[C@@H](F)[C@@H]1OCc1ccc(OC)cc1.COC[C@H]1C[C@@H](c2cn(COCc3ccccc3)c3c(OC)ncnc23)[C@H](O)[C@@H]1OCc1ccc(OC)cc1.Cl.O=c1[nH]cnc2c([C@@H]3C[C@H](CO)[C@@H](O)[C@@H]3F)c[nH]c12.O=c1[nH]cnc2c([C@@H]3C[C@H](CO)[C@@H](O)[C@@H]3F)c[nH]c12. The maximum atomic E-state index is 16.2. The standard InChI is InChI=1S/C30H34FN3O5.C30H35N3O6.C14H18FN3O.C13H22N.2C12H14FN3O3.ClH/c1-35-17-22-13-24(26(31)29(22)39-16-21-9-11-23(36-2)12-10-21)25-14-34(19-38-15-20-7-5-4-6-8-20)28-27(25)32-18-33-30(28)37-3;1-35-17-22-13-24(28(34)29(22)39-16-21-9-11-23(36-2)12-10-21)25-14-33(19-38-15-20-7-5-4-6-8-20)27-26(25)31-18-32-30(27)37-3;1-3-8-4-9(11(15)7(8)2)10-5-16-13-12(10)17-6-18-14(13)19;1-4-14(5-2,6-3)12-13-10-8-7-9-11-13;2*13-8-6(1-5(3-17)11(8)18)7-2-14-10-9(7)15-4-16-12(10)19;/h4-12,14,18,22,24,26,29H,13,15-17,19H2,1-3H3;4-12,14,18,22,24,28-29,34H,13,15-17,19H2,1-3H3;5-9,11,16H,3-4H2,1-2H3,(H,17,18,19);7-11H,4-6,12H2,1-3H3;2*2,4-6,8,11,14,17-18H,1,3H2,(H,15,16,19);1H/q;;;+1;;;/t22-,24+,26-,29-;22-,24+,28+,29-;7-,8+,9+,11+;;2*5-,6+,8-,11-;/m111.11./s1. The maximum Gasteiger partial charge on any atom is 0.275 e. The van der Waals surface area contributed by atoms with Crippen LogP contribution in [0.15, 0.2) is 217 Å². The van der Waals surface area contributed by atoms with Crippen molar-refractivity contribution >= 4 is 67.6 Å². The topological polar surface area (TPSA) is 439 Å². The molecule has 804 valence electrons. The summed E-state index contributed by atoms with van der Waals surface area (Å²) in [5, 5.41) is 49.2. The van der Waals surface area contributed by atoms with Gasteiger partial charge in [0, 0.05) is 145 Å². The molecule has 5 aliphatic rings. The first-order chi connectivity index (χ1) is 72.4. The van der Waals surface area contributed by atoms with E-state index in [9.17, 15) is 42.9 Å². The number of nitrogens with one attached hydrogen (secondary N) is 6. The molecule has 10 heterocycles. The molecule has 0 amide bonds. The summed E-state index contributed by atoms with van der Waals surface area (Å²) in [6, 6.07) is 46.1. The van der Waals surface area contributed by atoms with Crippen LogP contribution in [0.5, 0.6) is 23.3 Å². The molecule has 39 heteroatoms. The third kappa shape index (κ3) is 25.7. The number of fused-ring (bicyclic) bond motifs is 5. The van der Waals surface area contributed by atoms with Gasteiger partial charge in [-0.2, -0.15) is 9.97 Å². The van der Waals surface area contributed by atoms with Crippen molar-refractivity contribution < 1.29 is 94.9 Å². The lowest BCUT2D eigenvalue weighted by Gasteiger charge is -2.35. The molecule has 20 rings (SSSR count). The number of aromatic nitrogens is 15. The third-order valence-electron chi connectivity index (χ3n) is 30.4. The average molecular weight is 2100 g/mol. The number of ether oxygens (including phenoxy) is 10. The average Bonchev–Trinajstić information content (AvgIpc) is 1.61. The smallest absolute Gasteiger partial charge is 0.275 e. The van der Waals surface area contributed by atoms with Crippen LogP contribution < -0.4 is 35.6 Å². The molecule has 0 radical (unpaired) electrons. The van der Waals surface area contributed by atoms with Gasteiger partial charge in [0.1, 0.15) is 96.4 Å². The molecule has 10 aromatic heterocycles. The van der Waals surface area contributed by atoms with E-state index in [2.05, 4.69) is 123 Å². The first-order valence-corrected chi connectivity index (χ1v) is 50.7. The van der Waals surface area contributed by atoms with Crippen LogP contribution in [0, 0.1) is 35.5 Å². The Morgan fingerprint density at radius 1 is 0.387 bits per heavy atom. The van der Waals surface area contributed by atoms with Crippen LogP contribution in [0.3, 0.4) is 0 Å². The molecular weight excluding hydrogens is 1960 g/mol. The molecule has 0 unspecified atom stereocenters. The van der Waals surface area contributed by atoms with Crippen LogP contribution in [0.1, 0.15) is 158 Å². The largest absolute Gasteiger partial charge is 0.497 e. The van der Waals surface area contributed by atoms with Gasteiger partial charge in [-0.3, -0.25) is 14.4 Å². The minimum absolute atomic E-state index is 0. The van der Waals surface area contributed by atoms with Crippen molar-refractivity contribution in [3.63, 3.8) is 0 Å². The van der Waals surface area contributed by atoms with Gasteiger partial charge < -0.3 is 116 Å². The molecule has 0 spiro atoms. The van der Waals surface area contributed by atoms with Gasteiger partial charge >= 0.3 is 0 Å². The van der Waals surface area contributed by atoms with Gasteiger partial charge in [0.2, 0.25) is 11.8 Å². The van der Waals surface area contributed by atoms with Crippen molar-refractivity contribution in [3.8, 4) is 23.3 Å². The fourth-order valence-corrected chi connectivity index (χ4v) is 21.8. The minimum atomic E-state index is -1.46. The highest BCUT2D eigenvalue weighted by atomic mass is 35.5. The summed E-state index contributed by atoms with van der Waals surface area (Å²) in [6.07, 6.45) is 10.2. The van der Waals surface area contributed by atoms with Crippen molar-refractivity contribution in [2.24, 2.45) is 35.5 Å². The first-order valence-electron chi connectivity index (χ1n) is 50.7. The molecule has 5 fully saturated rings. The molecule has 11 N–H and O–H groups in total. The predicted molar refractivity (Wildman–Crippen MR) is 562 cm³/mol. The van der Waals surface area contributed by atoms with Crippen LogP contribution in [-0.4, -0.2) is 248 Å². The van der Waals surface area contributed by atoms with Crippen molar-refractivity contribution in [2.45, 2.75) is 204 Å². The van der Waals surface area contributed by atoms with Gasteiger partial charge in [-0.25, -0.2) is 42.5 Å². The van der Waals surface area contributed by atoms with E-state index >= 15 is 4.39 Å². The number of quaternary nitrogens is 1. The second kappa shape index (κ2) is 53.4. The Labute approximate surface area is 872 Å². The van der Waals surface area contributed by atoms with E-state index in [0.717, 1.165) is 74.3 Å². The first kappa shape index (κ1) is 113. The van der Waals surface area contributed by atoms with Gasteiger partial charge in [-0.15, -0.1) is 12.4 Å².